The highest BCUT2D eigenvalue weighted by atomic mass is 16.5. The van der Waals surface area contributed by atoms with Gasteiger partial charge in [0.2, 0.25) is 0 Å². The SMILES string of the molecule is COc1ccccc1NC(=O)c1cnc(Nc2cccc(C)c2C)cn1. The van der Waals surface area contributed by atoms with Gasteiger partial charge in [-0.05, 0) is 43.2 Å². The summed E-state index contributed by atoms with van der Waals surface area (Å²) in [4.78, 5) is 20.8. The fraction of sp³-hybridized carbons (Fsp3) is 0.150. The van der Waals surface area contributed by atoms with Gasteiger partial charge >= 0.3 is 0 Å². The minimum Gasteiger partial charge on any atom is -0.495 e. The molecule has 1 amide bonds. The zero-order valence-electron chi connectivity index (χ0n) is 14.9. The van der Waals surface area contributed by atoms with Crippen molar-refractivity contribution in [2.75, 3.05) is 17.7 Å². The quantitative estimate of drug-likeness (QED) is 0.726. The monoisotopic (exact) mass is 348 g/mol. The van der Waals surface area contributed by atoms with Crippen molar-refractivity contribution in [1.82, 2.24) is 9.97 Å². The van der Waals surface area contributed by atoms with E-state index in [1.165, 1.54) is 11.8 Å². The minimum absolute atomic E-state index is 0.224. The van der Waals surface area contributed by atoms with Crippen LogP contribution in [-0.2, 0) is 0 Å². The third-order valence-corrected chi connectivity index (χ3v) is 4.11. The van der Waals surface area contributed by atoms with Crippen LogP contribution in [0.1, 0.15) is 21.6 Å². The van der Waals surface area contributed by atoms with Gasteiger partial charge in [-0.25, -0.2) is 9.97 Å². The first-order valence-corrected chi connectivity index (χ1v) is 8.18. The Morgan fingerprint density at radius 3 is 2.46 bits per heavy atom. The topological polar surface area (TPSA) is 76.1 Å². The Hall–Kier alpha value is -3.41. The summed E-state index contributed by atoms with van der Waals surface area (Å²) in [7, 11) is 1.55. The highest BCUT2D eigenvalue weighted by Gasteiger charge is 2.11. The summed E-state index contributed by atoms with van der Waals surface area (Å²) in [5.41, 5.74) is 4.11. The predicted molar refractivity (Wildman–Crippen MR) is 102 cm³/mol. The number of aromatic nitrogens is 2. The average Bonchev–Trinajstić information content (AvgIpc) is 2.66. The van der Waals surface area contributed by atoms with Gasteiger partial charge < -0.3 is 15.4 Å². The minimum atomic E-state index is -0.347. The van der Waals surface area contributed by atoms with Gasteiger partial charge in [0.1, 0.15) is 17.3 Å². The lowest BCUT2D eigenvalue weighted by Gasteiger charge is -2.11. The van der Waals surface area contributed by atoms with E-state index in [2.05, 4.69) is 33.6 Å². The summed E-state index contributed by atoms with van der Waals surface area (Å²) in [5, 5.41) is 6.00. The number of rotatable bonds is 5. The normalized spacial score (nSPS) is 10.3. The molecule has 2 N–H and O–H groups in total. The number of benzene rings is 2. The number of carbonyl (C=O) groups is 1. The molecule has 0 aliphatic heterocycles. The maximum absolute atomic E-state index is 12.4. The molecule has 1 heterocycles. The number of anilines is 3. The van der Waals surface area contributed by atoms with E-state index in [1.807, 2.05) is 31.2 Å². The number of nitrogens with zero attached hydrogens (tertiary/aromatic N) is 2. The number of hydrogen-bond acceptors (Lipinski definition) is 5. The second kappa shape index (κ2) is 7.65. The number of ether oxygens (including phenoxy) is 1. The molecule has 2 aromatic carbocycles. The molecule has 6 heteroatoms. The molecule has 0 saturated heterocycles. The number of nitrogens with one attached hydrogen (secondary N) is 2. The van der Waals surface area contributed by atoms with Gasteiger partial charge in [-0.2, -0.15) is 0 Å². The van der Waals surface area contributed by atoms with Gasteiger partial charge in [-0.1, -0.05) is 24.3 Å². The number of para-hydroxylation sites is 2. The van der Waals surface area contributed by atoms with E-state index in [0.717, 1.165) is 11.3 Å². The van der Waals surface area contributed by atoms with Crippen LogP contribution in [0.3, 0.4) is 0 Å². The van der Waals surface area contributed by atoms with Crippen molar-refractivity contribution in [2.45, 2.75) is 13.8 Å². The largest absolute Gasteiger partial charge is 0.495 e. The number of aryl methyl sites for hydroxylation is 1. The molecule has 1 aromatic heterocycles. The molecule has 26 heavy (non-hydrogen) atoms. The Bertz CT molecular complexity index is 923. The predicted octanol–water partition coefficient (Wildman–Crippen LogP) is 4.10. The van der Waals surface area contributed by atoms with Crippen molar-refractivity contribution >= 4 is 23.1 Å². The van der Waals surface area contributed by atoms with Crippen LogP contribution in [0.5, 0.6) is 5.75 Å². The van der Waals surface area contributed by atoms with E-state index in [1.54, 1.807) is 25.4 Å². The Morgan fingerprint density at radius 1 is 0.962 bits per heavy atom. The summed E-state index contributed by atoms with van der Waals surface area (Å²) in [6.07, 6.45) is 2.98. The number of methoxy groups -OCH3 is 1. The summed E-state index contributed by atoms with van der Waals surface area (Å²) < 4.78 is 5.23. The first-order chi connectivity index (χ1) is 12.6. The average molecular weight is 348 g/mol. The lowest BCUT2D eigenvalue weighted by Crippen LogP contribution is -2.14. The molecule has 0 saturated carbocycles. The third kappa shape index (κ3) is 3.80. The maximum Gasteiger partial charge on any atom is 0.275 e. The van der Waals surface area contributed by atoms with Crippen LogP contribution in [0, 0.1) is 13.8 Å². The van der Waals surface area contributed by atoms with Gasteiger partial charge in [-0.15, -0.1) is 0 Å². The van der Waals surface area contributed by atoms with Crippen molar-refractivity contribution in [3.63, 3.8) is 0 Å². The van der Waals surface area contributed by atoms with Crippen molar-refractivity contribution in [1.29, 1.82) is 0 Å². The van der Waals surface area contributed by atoms with E-state index in [0.29, 0.717) is 17.3 Å². The summed E-state index contributed by atoms with van der Waals surface area (Å²) in [6.45, 7) is 4.09. The van der Waals surface area contributed by atoms with Crippen molar-refractivity contribution < 1.29 is 9.53 Å². The van der Waals surface area contributed by atoms with Gasteiger partial charge in [0.15, 0.2) is 0 Å². The molecule has 0 fully saturated rings. The van der Waals surface area contributed by atoms with Crippen molar-refractivity contribution in [3.8, 4) is 5.75 Å². The standard InChI is InChI=1S/C20H20N4O2/c1-13-7-6-9-15(14(13)2)23-19-12-21-17(11-22-19)20(25)24-16-8-4-5-10-18(16)26-3/h4-12H,1-3H3,(H,22,23)(H,24,25). The molecule has 0 spiro atoms. The fourth-order valence-electron chi connectivity index (χ4n) is 2.47. The number of carbonyl (C=O) groups excluding carboxylic acids is 1. The lowest BCUT2D eigenvalue weighted by atomic mass is 10.1. The summed E-state index contributed by atoms with van der Waals surface area (Å²) in [5.74, 6) is 0.815. The molecule has 0 unspecified atom stereocenters. The second-order valence-corrected chi connectivity index (χ2v) is 5.81. The van der Waals surface area contributed by atoms with Gasteiger partial charge in [0, 0.05) is 5.69 Å². The van der Waals surface area contributed by atoms with Crippen LogP contribution < -0.4 is 15.4 Å². The molecule has 3 aromatic rings. The zero-order chi connectivity index (χ0) is 18.5. The van der Waals surface area contributed by atoms with Gasteiger partial charge in [0.25, 0.3) is 5.91 Å². The summed E-state index contributed by atoms with van der Waals surface area (Å²) in [6, 6.07) is 13.2. The van der Waals surface area contributed by atoms with Crippen LogP contribution in [0.25, 0.3) is 0 Å². The first-order valence-electron chi connectivity index (χ1n) is 8.18. The van der Waals surface area contributed by atoms with Crippen LogP contribution in [-0.4, -0.2) is 23.0 Å². The van der Waals surface area contributed by atoms with Crippen molar-refractivity contribution in [2.24, 2.45) is 0 Å². The molecular weight excluding hydrogens is 328 g/mol. The molecule has 0 aliphatic carbocycles. The number of amides is 1. The lowest BCUT2D eigenvalue weighted by molar-refractivity contribution is 0.102. The first kappa shape index (κ1) is 17.4. The molecule has 6 nitrogen and oxygen atoms in total. The Kier molecular flexibility index (Phi) is 5.12. The van der Waals surface area contributed by atoms with E-state index in [9.17, 15) is 4.79 Å². The van der Waals surface area contributed by atoms with E-state index >= 15 is 0 Å². The zero-order valence-corrected chi connectivity index (χ0v) is 14.9. The van der Waals surface area contributed by atoms with E-state index in [-0.39, 0.29) is 11.6 Å². The maximum atomic E-state index is 12.4. The van der Waals surface area contributed by atoms with Crippen LogP contribution in [0.15, 0.2) is 54.9 Å². The number of hydrogen-bond donors (Lipinski definition) is 2. The smallest absolute Gasteiger partial charge is 0.275 e. The van der Waals surface area contributed by atoms with Crippen LogP contribution in [0.4, 0.5) is 17.2 Å². The van der Waals surface area contributed by atoms with Gasteiger partial charge in [-0.3, -0.25) is 4.79 Å². The van der Waals surface area contributed by atoms with E-state index < -0.39 is 0 Å². The Balaban J connectivity index is 1.73. The Morgan fingerprint density at radius 2 is 1.73 bits per heavy atom. The second-order valence-electron chi connectivity index (χ2n) is 5.81. The molecule has 0 bridgehead atoms. The highest BCUT2D eigenvalue weighted by Crippen LogP contribution is 2.24. The third-order valence-electron chi connectivity index (χ3n) is 4.11. The molecule has 3 rings (SSSR count). The summed E-state index contributed by atoms with van der Waals surface area (Å²) >= 11 is 0. The van der Waals surface area contributed by atoms with Gasteiger partial charge in [0.05, 0.1) is 25.2 Å². The Labute approximate surface area is 152 Å². The van der Waals surface area contributed by atoms with E-state index in [4.69, 9.17) is 4.74 Å². The molecule has 0 radical (unpaired) electrons. The van der Waals surface area contributed by atoms with Crippen LogP contribution >= 0.6 is 0 Å². The molecular formula is C20H20N4O2. The molecule has 0 atom stereocenters. The van der Waals surface area contributed by atoms with Crippen LogP contribution in [0.2, 0.25) is 0 Å². The van der Waals surface area contributed by atoms with Crippen molar-refractivity contribution in [3.05, 3.63) is 71.7 Å². The molecule has 0 aliphatic rings. The molecule has 132 valence electrons. The highest BCUT2D eigenvalue weighted by molar-refractivity contribution is 6.03. The fourth-order valence-corrected chi connectivity index (χ4v) is 2.47.